The highest BCUT2D eigenvalue weighted by Crippen LogP contribution is 2.37. The molecule has 0 aliphatic rings. The topological polar surface area (TPSA) is 17.2 Å². The van der Waals surface area contributed by atoms with Crippen molar-refractivity contribution in [3.8, 4) is 0 Å². The van der Waals surface area contributed by atoms with E-state index in [4.69, 9.17) is 6.57 Å². The van der Waals surface area contributed by atoms with Crippen molar-refractivity contribution < 1.29 is 8.78 Å². The maximum Gasteiger partial charge on any atom is 0.233 e. The first-order valence-electron chi connectivity index (χ1n) is 5.50. The quantitative estimate of drug-likeness (QED) is 0.631. The minimum absolute atomic E-state index is 0.266. The second-order valence-electron chi connectivity index (χ2n) is 5.17. The molecule has 1 aromatic carbocycles. The molecular formula is C14H12F2N2. The molecule has 0 radical (unpaired) electrons. The van der Waals surface area contributed by atoms with Crippen LogP contribution < -0.4 is 0 Å². The molecule has 1 aromatic heterocycles. The Balaban J connectivity index is 3.01. The van der Waals surface area contributed by atoms with E-state index < -0.39 is 11.6 Å². The summed E-state index contributed by atoms with van der Waals surface area (Å²) in [7, 11) is 0. The van der Waals surface area contributed by atoms with Gasteiger partial charge in [0.15, 0.2) is 5.82 Å². The van der Waals surface area contributed by atoms with Crippen LogP contribution in [0.3, 0.4) is 0 Å². The Morgan fingerprint density at radius 1 is 1.22 bits per heavy atom. The molecule has 0 N–H and O–H groups in total. The maximum absolute atomic E-state index is 13.7. The van der Waals surface area contributed by atoms with Crippen molar-refractivity contribution in [2.24, 2.45) is 0 Å². The first-order chi connectivity index (χ1) is 8.36. The van der Waals surface area contributed by atoms with E-state index in [9.17, 15) is 8.78 Å². The number of benzene rings is 1. The number of pyridine rings is 1. The summed E-state index contributed by atoms with van der Waals surface area (Å²) in [5.74, 6) is -2.10. The predicted octanol–water partition coefficient (Wildman–Crippen LogP) is 4.36. The predicted molar refractivity (Wildman–Crippen MR) is 66.6 cm³/mol. The highest BCUT2D eigenvalue weighted by Gasteiger charge is 2.22. The van der Waals surface area contributed by atoms with Gasteiger partial charge in [0.2, 0.25) is 5.69 Å². The van der Waals surface area contributed by atoms with Crippen LogP contribution >= 0.6 is 0 Å². The minimum atomic E-state index is -1.09. The lowest BCUT2D eigenvalue weighted by molar-refractivity contribution is 0.514. The lowest BCUT2D eigenvalue weighted by Gasteiger charge is -2.21. The molecule has 0 saturated carbocycles. The first-order valence-corrected chi connectivity index (χ1v) is 5.50. The second-order valence-corrected chi connectivity index (χ2v) is 5.17. The molecule has 0 unspecified atom stereocenters. The summed E-state index contributed by atoms with van der Waals surface area (Å²) < 4.78 is 27.1. The third kappa shape index (κ3) is 1.82. The maximum atomic E-state index is 13.7. The number of nitrogens with zero attached hydrogens (tertiary/aromatic N) is 2. The van der Waals surface area contributed by atoms with Crippen LogP contribution in [0, 0.1) is 18.2 Å². The molecular weight excluding hydrogens is 234 g/mol. The van der Waals surface area contributed by atoms with E-state index in [1.807, 2.05) is 20.8 Å². The number of hydrogen-bond donors (Lipinski definition) is 0. The number of halogens is 2. The molecule has 4 heteroatoms. The van der Waals surface area contributed by atoms with Crippen molar-refractivity contribution >= 4 is 16.5 Å². The Bertz CT molecular complexity index is 664. The van der Waals surface area contributed by atoms with E-state index >= 15 is 0 Å². The fourth-order valence-corrected chi connectivity index (χ4v) is 1.95. The Labute approximate surface area is 104 Å². The zero-order chi connectivity index (χ0) is 13.5. The van der Waals surface area contributed by atoms with Gasteiger partial charge in [0, 0.05) is 12.4 Å². The molecule has 2 nitrogen and oxygen atoms in total. The van der Waals surface area contributed by atoms with Gasteiger partial charge in [-0.1, -0.05) is 20.8 Å². The average Bonchev–Trinajstić information content (AvgIpc) is 2.29. The number of aromatic nitrogens is 1. The van der Waals surface area contributed by atoms with Crippen LogP contribution in [0.15, 0.2) is 18.5 Å². The molecule has 92 valence electrons. The molecule has 2 rings (SSSR count). The molecule has 0 saturated heterocycles. The van der Waals surface area contributed by atoms with Gasteiger partial charge >= 0.3 is 0 Å². The largest absolute Gasteiger partial charge is 0.264 e. The van der Waals surface area contributed by atoms with E-state index in [0.29, 0.717) is 10.8 Å². The molecule has 0 atom stereocenters. The van der Waals surface area contributed by atoms with Gasteiger partial charge in [-0.15, -0.1) is 0 Å². The van der Waals surface area contributed by atoms with Gasteiger partial charge in [0.05, 0.1) is 6.57 Å². The van der Waals surface area contributed by atoms with Gasteiger partial charge in [0.1, 0.15) is 5.82 Å². The fourth-order valence-electron chi connectivity index (χ4n) is 1.95. The number of hydrogen-bond acceptors (Lipinski definition) is 1. The highest BCUT2D eigenvalue weighted by atomic mass is 19.2. The van der Waals surface area contributed by atoms with Gasteiger partial charge in [-0.05, 0) is 27.8 Å². The van der Waals surface area contributed by atoms with Gasteiger partial charge in [0.25, 0.3) is 0 Å². The number of rotatable bonds is 0. The van der Waals surface area contributed by atoms with E-state index in [1.165, 1.54) is 6.20 Å². The standard InChI is InChI=1S/C14H12F2N2/c1-14(2,3)9-7-18-6-8-5-10(15)12(16)13(17-4)11(8)9/h5-7H,1-3H3. The lowest BCUT2D eigenvalue weighted by Crippen LogP contribution is -2.12. The van der Waals surface area contributed by atoms with Crippen LogP contribution in [0.4, 0.5) is 14.5 Å². The Morgan fingerprint density at radius 3 is 2.44 bits per heavy atom. The van der Waals surface area contributed by atoms with Crippen molar-refractivity contribution in [1.29, 1.82) is 0 Å². The Hall–Kier alpha value is -2.02. The Morgan fingerprint density at radius 2 is 1.89 bits per heavy atom. The third-order valence-corrected chi connectivity index (χ3v) is 2.83. The van der Waals surface area contributed by atoms with E-state index in [2.05, 4.69) is 9.83 Å². The van der Waals surface area contributed by atoms with Crippen molar-refractivity contribution in [2.45, 2.75) is 26.2 Å². The molecule has 0 aliphatic heterocycles. The van der Waals surface area contributed by atoms with Gasteiger partial charge < -0.3 is 0 Å². The van der Waals surface area contributed by atoms with Gasteiger partial charge in [-0.3, -0.25) is 4.98 Å². The minimum Gasteiger partial charge on any atom is -0.264 e. The zero-order valence-electron chi connectivity index (χ0n) is 10.4. The Kier molecular flexibility index (Phi) is 2.78. The van der Waals surface area contributed by atoms with Crippen molar-refractivity contribution in [3.05, 3.63) is 47.1 Å². The van der Waals surface area contributed by atoms with Crippen LogP contribution in [-0.4, -0.2) is 4.98 Å². The highest BCUT2D eigenvalue weighted by molar-refractivity contribution is 5.97. The van der Waals surface area contributed by atoms with Gasteiger partial charge in [-0.25, -0.2) is 13.6 Å². The molecule has 2 aromatic rings. The second kappa shape index (κ2) is 4.02. The van der Waals surface area contributed by atoms with Crippen LogP contribution in [-0.2, 0) is 5.41 Å². The zero-order valence-corrected chi connectivity index (χ0v) is 10.4. The monoisotopic (exact) mass is 246 g/mol. The summed E-state index contributed by atoms with van der Waals surface area (Å²) in [6.45, 7) is 12.9. The smallest absolute Gasteiger partial charge is 0.233 e. The molecule has 0 fully saturated rings. The summed E-state index contributed by atoms with van der Waals surface area (Å²) >= 11 is 0. The van der Waals surface area contributed by atoms with E-state index in [-0.39, 0.29) is 11.1 Å². The normalized spacial score (nSPS) is 11.6. The van der Waals surface area contributed by atoms with Crippen LogP contribution in [0.2, 0.25) is 0 Å². The summed E-state index contributed by atoms with van der Waals surface area (Å²) in [4.78, 5) is 7.17. The van der Waals surface area contributed by atoms with Crippen LogP contribution in [0.5, 0.6) is 0 Å². The van der Waals surface area contributed by atoms with E-state index in [1.54, 1.807) is 6.20 Å². The average molecular weight is 246 g/mol. The lowest BCUT2D eigenvalue weighted by atomic mass is 9.84. The molecule has 18 heavy (non-hydrogen) atoms. The van der Waals surface area contributed by atoms with Crippen LogP contribution in [0.25, 0.3) is 15.6 Å². The molecule has 0 amide bonds. The van der Waals surface area contributed by atoms with E-state index in [0.717, 1.165) is 11.6 Å². The van der Waals surface area contributed by atoms with Crippen molar-refractivity contribution in [2.75, 3.05) is 0 Å². The molecule has 0 bridgehead atoms. The summed E-state index contributed by atoms with van der Waals surface area (Å²) in [6, 6.07) is 1.08. The third-order valence-electron chi connectivity index (χ3n) is 2.83. The summed E-state index contributed by atoms with van der Waals surface area (Å²) in [6.07, 6.45) is 3.05. The summed E-state index contributed by atoms with van der Waals surface area (Å²) in [5.41, 5.74) is 0.179. The number of fused-ring (bicyclic) bond motifs is 1. The SMILES string of the molecule is [C-]#[N+]c1c(F)c(F)cc2cncc(C(C)(C)C)c12. The van der Waals surface area contributed by atoms with Gasteiger partial charge in [-0.2, -0.15) is 0 Å². The molecule has 0 aliphatic carbocycles. The van der Waals surface area contributed by atoms with Crippen LogP contribution in [0.1, 0.15) is 26.3 Å². The molecule has 1 heterocycles. The fraction of sp³-hybridized carbons (Fsp3) is 0.286. The van der Waals surface area contributed by atoms with Crippen molar-refractivity contribution in [3.63, 3.8) is 0 Å². The summed E-state index contributed by atoms with van der Waals surface area (Å²) in [5, 5.41) is 0.902. The molecule has 0 spiro atoms. The van der Waals surface area contributed by atoms with Crippen molar-refractivity contribution in [1.82, 2.24) is 4.98 Å². The first kappa shape index (κ1) is 12.4.